The van der Waals surface area contributed by atoms with Gasteiger partial charge in [-0.2, -0.15) is 0 Å². The fourth-order valence-corrected chi connectivity index (χ4v) is 4.58. The Morgan fingerprint density at radius 3 is 2.59 bits per heavy atom. The number of methoxy groups -OCH3 is 3. The summed E-state index contributed by atoms with van der Waals surface area (Å²) in [6.45, 7) is 0.305. The largest absolute Gasteiger partial charge is 0.497 e. The lowest BCUT2D eigenvalue weighted by atomic mass is 9.99. The van der Waals surface area contributed by atoms with Crippen molar-refractivity contribution < 1.29 is 23.8 Å². The average molecular weight is 410 g/mol. The standard InChI is InChI=1S/C19H20ClNO5S/c1-24-12-5-4-11(14(8-12)25-2)10-21-17(22)9-13(19(23)26-3)18(21)15-6-7-16(20)27-15/h4-8,13,18H,9-10H2,1-3H3. The van der Waals surface area contributed by atoms with Crippen LogP contribution in [0.3, 0.4) is 0 Å². The smallest absolute Gasteiger partial charge is 0.311 e. The first-order valence-corrected chi connectivity index (χ1v) is 9.51. The molecule has 1 aliphatic heterocycles. The molecule has 2 atom stereocenters. The molecule has 3 rings (SSSR count). The van der Waals surface area contributed by atoms with E-state index in [1.807, 2.05) is 18.2 Å². The predicted molar refractivity (Wildman–Crippen MR) is 102 cm³/mol. The molecule has 1 saturated heterocycles. The SMILES string of the molecule is COC(=O)C1CC(=O)N(Cc2ccc(OC)cc2OC)C1c1ccc(Cl)s1. The van der Waals surface area contributed by atoms with E-state index in [1.54, 1.807) is 31.3 Å². The van der Waals surface area contributed by atoms with Crippen LogP contribution in [0.5, 0.6) is 11.5 Å². The van der Waals surface area contributed by atoms with Gasteiger partial charge in [-0.3, -0.25) is 9.59 Å². The van der Waals surface area contributed by atoms with Gasteiger partial charge >= 0.3 is 5.97 Å². The van der Waals surface area contributed by atoms with Gasteiger partial charge in [0.2, 0.25) is 5.91 Å². The Morgan fingerprint density at radius 2 is 2.00 bits per heavy atom. The summed E-state index contributed by atoms with van der Waals surface area (Å²) in [5.41, 5.74) is 0.824. The van der Waals surface area contributed by atoms with E-state index in [0.717, 1.165) is 10.4 Å². The molecule has 27 heavy (non-hydrogen) atoms. The van der Waals surface area contributed by atoms with Crippen LogP contribution in [0.1, 0.15) is 22.9 Å². The monoisotopic (exact) mass is 409 g/mol. The first-order chi connectivity index (χ1) is 13.0. The molecule has 8 heteroatoms. The van der Waals surface area contributed by atoms with E-state index in [2.05, 4.69) is 0 Å². The van der Waals surface area contributed by atoms with Crippen molar-refractivity contribution in [3.8, 4) is 11.5 Å². The van der Waals surface area contributed by atoms with Gasteiger partial charge in [0.25, 0.3) is 0 Å². The zero-order valence-electron chi connectivity index (χ0n) is 15.2. The van der Waals surface area contributed by atoms with Crippen molar-refractivity contribution in [3.05, 3.63) is 45.1 Å². The highest BCUT2D eigenvalue weighted by atomic mass is 35.5. The van der Waals surface area contributed by atoms with Gasteiger partial charge < -0.3 is 19.1 Å². The Balaban J connectivity index is 1.97. The van der Waals surface area contributed by atoms with E-state index in [1.165, 1.54) is 18.4 Å². The molecule has 144 valence electrons. The zero-order valence-corrected chi connectivity index (χ0v) is 16.8. The van der Waals surface area contributed by atoms with Gasteiger partial charge in [-0.05, 0) is 24.3 Å². The lowest BCUT2D eigenvalue weighted by Gasteiger charge is -2.27. The number of hydrogen-bond donors (Lipinski definition) is 0. The highest BCUT2D eigenvalue weighted by Gasteiger charge is 2.46. The normalized spacial score (nSPS) is 19.3. The summed E-state index contributed by atoms with van der Waals surface area (Å²) in [5.74, 6) is 0.199. The quantitative estimate of drug-likeness (QED) is 0.681. The van der Waals surface area contributed by atoms with E-state index in [-0.39, 0.29) is 12.3 Å². The van der Waals surface area contributed by atoms with Gasteiger partial charge in [0.05, 0.1) is 37.6 Å². The van der Waals surface area contributed by atoms with Crippen LogP contribution in [0.2, 0.25) is 4.34 Å². The van der Waals surface area contributed by atoms with E-state index in [4.69, 9.17) is 25.8 Å². The summed E-state index contributed by atoms with van der Waals surface area (Å²) >= 11 is 7.45. The lowest BCUT2D eigenvalue weighted by Crippen LogP contribution is -2.30. The molecule has 0 bridgehead atoms. The molecule has 2 aromatic rings. The molecule has 0 N–H and O–H groups in total. The lowest BCUT2D eigenvalue weighted by molar-refractivity contribution is -0.146. The summed E-state index contributed by atoms with van der Waals surface area (Å²) in [7, 11) is 4.48. The minimum absolute atomic E-state index is 0.103. The second kappa shape index (κ2) is 8.19. The van der Waals surface area contributed by atoms with E-state index >= 15 is 0 Å². The summed E-state index contributed by atoms with van der Waals surface area (Å²) < 4.78 is 16.2. The maximum atomic E-state index is 12.7. The Hall–Kier alpha value is -2.25. The Kier molecular flexibility index (Phi) is 5.92. The van der Waals surface area contributed by atoms with E-state index in [0.29, 0.717) is 22.4 Å². The molecule has 0 aliphatic carbocycles. The van der Waals surface area contributed by atoms with Crippen LogP contribution in [-0.2, 0) is 20.9 Å². The van der Waals surface area contributed by atoms with Gasteiger partial charge in [0, 0.05) is 29.5 Å². The van der Waals surface area contributed by atoms with Crippen LogP contribution in [0.25, 0.3) is 0 Å². The average Bonchev–Trinajstić information content (AvgIpc) is 3.24. The molecule has 1 fully saturated rings. The number of esters is 1. The molecule has 1 amide bonds. The number of halogens is 1. The van der Waals surface area contributed by atoms with Gasteiger partial charge in [0.1, 0.15) is 11.5 Å². The fourth-order valence-electron chi connectivity index (χ4n) is 3.34. The predicted octanol–water partition coefficient (Wildman–Crippen LogP) is 3.68. The number of ether oxygens (including phenoxy) is 3. The highest BCUT2D eigenvalue weighted by Crippen LogP contribution is 2.43. The molecule has 6 nitrogen and oxygen atoms in total. The van der Waals surface area contributed by atoms with Crippen molar-refractivity contribution in [2.24, 2.45) is 5.92 Å². The molecule has 1 aromatic carbocycles. The number of thiophene rings is 1. The number of carbonyl (C=O) groups excluding carboxylic acids is 2. The van der Waals surface area contributed by atoms with Gasteiger partial charge in [-0.25, -0.2) is 0 Å². The fraction of sp³-hybridized carbons (Fsp3) is 0.368. The third-order valence-corrected chi connectivity index (χ3v) is 5.96. The first kappa shape index (κ1) is 19.5. The van der Waals surface area contributed by atoms with Crippen molar-refractivity contribution in [1.82, 2.24) is 4.90 Å². The third kappa shape index (κ3) is 3.89. The molecule has 2 unspecified atom stereocenters. The van der Waals surface area contributed by atoms with Crippen LogP contribution in [0.15, 0.2) is 30.3 Å². The second-order valence-corrected chi connectivity index (χ2v) is 7.87. The first-order valence-electron chi connectivity index (χ1n) is 8.32. The Bertz CT molecular complexity index is 852. The second-order valence-electron chi connectivity index (χ2n) is 6.12. The van der Waals surface area contributed by atoms with Crippen molar-refractivity contribution in [1.29, 1.82) is 0 Å². The number of rotatable bonds is 6. The summed E-state index contributed by atoms with van der Waals surface area (Å²) in [4.78, 5) is 27.6. The van der Waals surface area contributed by atoms with Gasteiger partial charge in [-0.15, -0.1) is 11.3 Å². The minimum Gasteiger partial charge on any atom is -0.497 e. The van der Waals surface area contributed by atoms with Crippen LogP contribution >= 0.6 is 22.9 Å². The van der Waals surface area contributed by atoms with Crippen LogP contribution < -0.4 is 9.47 Å². The van der Waals surface area contributed by atoms with Crippen LogP contribution in [0, 0.1) is 5.92 Å². The summed E-state index contributed by atoms with van der Waals surface area (Å²) in [6, 6.07) is 8.64. The summed E-state index contributed by atoms with van der Waals surface area (Å²) in [5, 5.41) is 0. The zero-order chi connectivity index (χ0) is 19.6. The third-order valence-electron chi connectivity index (χ3n) is 4.66. The highest BCUT2D eigenvalue weighted by molar-refractivity contribution is 7.16. The minimum atomic E-state index is -0.568. The molecular formula is C19H20ClNO5S. The maximum absolute atomic E-state index is 12.7. The van der Waals surface area contributed by atoms with Crippen molar-refractivity contribution in [3.63, 3.8) is 0 Å². The van der Waals surface area contributed by atoms with Gasteiger partial charge in [-0.1, -0.05) is 11.6 Å². The molecular weight excluding hydrogens is 390 g/mol. The number of nitrogens with zero attached hydrogens (tertiary/aromatic N) is 1. The number of amides is 1. The Morgan fingerprint density at radius 1 is 1.22 bits per heavy atom. The molecule has 2 heterocycles. The molecule has 1 aliphatic rings. The number of carbonyl (C=O) groups is 2. The topological polar surface area (TPSA) is 65.1 Å². The number of likely N-dealkylation sites (tertiary alicyclic amines) is 1. The van der Waals surface area contributed by atoms with Crippen LogP contribution in [-0.4, -0.2) is 38.1 Å². The summed E-state index contributed by atoms with van der Waals surface area (Å²) in [6.07, 6.45) is 0.103. The van der Waals surface area contributed by atoms with E-state index < -0.39 is 17.9 Å². The van der Waals surface area contributed by atoms with Crippen molar-refractivity contribution in [2.75, 3.05) is 21.3 Å². The maximum Gasteiger partial charge on any atom is 0.311 e. The molecule has 0 saturated carbocycles. The molecule has 1 aromatic heterocycles. The van der Waals surface area contributed by atoms with E-state index in [9.17, 15) is 9.59 Å². The molecule has 0 spiro atoms. The number of hydrogen-bond acceptors (Lipinski definition) is 6. The number of benzene rings is 1. The Labute approximate surface area is 166 Å². The molecule has 0 radical (unpaired) electrons. The van der Waals surface area contributed by atoms with Crippen LogP contribution in [0.4, 0.5) is 0 Å². The van der Waals surface area contributed by atoms with Crippen molar-refractivity contribution in [2.45, 2.75) is 19.0 Å². The van der Waals surface area contributed by atoms with Crippen molar-refractivity contribution >= 4 is 34.8 Å². The van der Waals surface area contributed by atoms with Gasteiger partial charge in [0.15, 0.2) is 0 Å².